The first-order chi connectivity index (χ1) is 18.0. The fourth-order valence-corrected chi connectivity index (χ4v) is 5.69. The lowest BCUT2D eigenvalue weighted by Gasteiger charge is -2.10. The highest BCUT2D eigenvalue weighted by Crippen LogP contribution is 2.31. The Kier molecular flexibility index (Phi) is 7.85. The van der Waals surface area contributed by atoms with Crippen LogP contribution in [0.5, 0.6) is 0 Å². The highest BCUT2D eigenvalue weighted by molar-refractivity contribution is 7.99. The molecule has 0 fully saturated rings. The van der Waals surface area contributed by atoms with Crippen molar-refractivity contribution in [3.05, 3.63) is 105 Å². The third-order valence-electron chi connectivity index (χ3n) is 5.30. The van der Waals surface area contributed by atoms with Gasteiger partial charge < -0.3 is 5.32 Å². The number of rotatable bonds is 8. The summed E-state index contributed by atoms with van der Waals surface area (Å²) in [7, 11) is 0. The quantitative estimate of drug-likeness (QED) is 0.201. The molecule has 6 nitrogen and oxygen atoms in total. The van der Waals surface area contributed by atoms with Gasteiger partial charge in [-0.3, -0.25) is 9.36 Å². The fourth-order valence-electron chi connectivity index (χ4n) is 3.57. The Morgan fingerprint density at radius 3 is 2.43 bits per heavy atom. The number of aromatic nitrogens is 4. The van der Waals surface area contributed by atoms with Crippen molar-refractivity contribution >= 4 is 57.3 Å². The molecule has 0 atom stereocenters. The zero-order valence-electron chi connectivity index (χ0n) is 19.1. The van der Waals surface area contributed by atoms with Crippen LogP contribution in [0.15, 0.2) is 84.1 Å². The van der Waals surface area contributed by atoms with Crippen molar-refractivity contribution in [2.75, 3.05) is 11.1 Å². The summed E-state index contributed by atoms with van der Waals surface area (Å²) in [5, 5.41) is 13.6. The number of hydrogen-bond acceptors (Lipinski definition) is 6. The Hall–Kier alpha value is -3.24. The number of benzene rings is 3. The molecule has 186 valence electrons. The molecule has 0 bridgehead atoms. The van der Waals surface area contributed by atoms with Crippen LogP contribution in [0.2, 0.25) is 10.0 Å². The lowest BCUT2D eigenvalue weighted by atomic mass is 10.1. The maximum Gasteiger partial charge on any atom is 0.236 e. The van der Waals surface area contributed by atoms with Gasteiger partial charge in [0.1, 0.15) is 5.82 Å². The number of thiazole rings is 1. The van der Waals surface area contributed by atoms with E-state index in [9.17, 15) is 9.18 Å². The van der Waals surface area contributed by atoms with Gasteiger partial charge in [0.15, 0.2) is 16.1 Å². The van der Waals surface area contributed by atoms with Crippen molar-refractivity contribution in [2.24, 2.45) is 0 Å². The third-order valence-corrected chi connectivity index (χ3v) is 7.85. The molecular formula is C26H18Cl2FN5OS2. The molecule has 3 aromatic carbocycles. The van der Waals surface area contributed by atoms with E-state index in [0.29, 0.717) is 38.3 Å². The Morgan fingerprint density at radius 2 is 1.70 bits per heavy atom. The minimum Gasteiger partial charge on any atom is -0.301 e. The monoisotopic (exact) mass is 569 g/mol. The molecule has 2 heterocycles. The normalized spacial score (nSPS) is 11.0. The number of thioether (sulfide) groups is 1. The standard InChI is InChI=1S/C26H18Cl2FN5OS2/c27-21-7-4-8-22(28)20(21)13-19-14-30-25(37-19)31-23(35)15-36-26-33-32-24(16-5-2-1-3-6-16)34(26)18-11-9-17(29)10-12-18/h1-12,14H,13,15H2,(H,30,31,35). The van der Waals surface area contributed by atoms with Crippen LogP contribution < -0.4 is 5.32 Å². The molecular weight excluding hydrogens is 552 g/mol. The van der Waals surface area contributed by atoms with E-state index in [1.165, 1.54) is 35.2 Å². The zero-order valence-corrected chi connectivity index (χ0v) is 22.2. The number of halogens is 3. The van der Waals surface area contributed by atoms with Gasteiger partial charge in [0.05, 0.1) is 5.75 Å². The van der Waals surface area contributed by atoms with E-state index in [0.717, 1.165) is 16.0 Å². The predicted octanol–water partition coefficient (Wildman–Crippen LogP) is 7.16. The molecule has 2 aromatic heterocycles. The van der Waals surface area contributed by atoms with Gasteiger partial charge in [-0.05, 0) is 42.0 Å². The number of carbonyl (C=O) groups excluding carboxylic acids is 1. The first kappa shape index (κ1) is 25.4. The number of amides is 1. The van der Waals surface area contributed by atoms with E-state index in [1.807, 2.05) is 34.9 Å². The Bertz CT molecular complexity index is 1520. The van der Waals surface area contributed by atoms with E-state index in [4.69, 9.17) is 23.2 Å². The summed E-state index contributed by atoms with van der Waals surface area (Å²) in [4.78, 5) is 17.9. The first-order valence-corrected chi connectivity index (χ1v) is 13.6. The maximum absolute atomic E-state index is 13.6. The van der Waals surface area contributed by atoms with Gasteiger partial charge in [0.2, 0.25) is 5.91 Å². The molecule has 0 unspecified atom stereocenters. The average Bonchev–Trinajstić information content (AvgIpc) is 3.53. The van der Waals surface area contributed by atoms with Gasteiger partial charge >= 0.3 is 0 Å². The molecule has 1 amide bonds. The first-order valence-electron chi connectivity index (χ1n) is 11.0. The van der Waals surface area contributed by atoms with Gasteiger partial charge in [-0.1, -0.05) is 71.4 Å². The number of hydrogen-bond donors (Lipinski definition) is 1. The molecule has 5 aromatic rings. The van der Waals surface area contributed by atoms with Gasteiger partial charge in [0.25, 0.3) is 0 Å². The summed E-state index contributed by atoms with van der Waals surface area (Å²) in [6, 6.07) is 21.0. The molecule has 5 rings (SSSR count). The second kappa shape index (κ2) is 11.4. The molecule has 11 heteroatoms. The minimum absolute atomic E-state index is 0.0827. The molecule has 0 spiro atoms. The van der Waals surface area contributed by atoms with Crippen LogP contribution >= 0.6 is 46.3 Å². The smallest absolute Gasteiger partial charge is 0.236 e. The van der Waals surface area contributed by atoms with Gasteiger partial charge in [-0.25, -0.2) is 9.37 Å². The summed E-state index contributed by atoms with van der Waals surface area (Å²) in [6.07, 6.45) is 2.22. The van der Waals surface area contributed by atoms with Crippen LogP contribution in [-0.4, -0.2) is 31.4 Å². The molecule has 0 aliphatic heterocycles. The van der Waals surface area contributed by atoms with Crippen LogP contribution in [-0.2, 0) is 11.2 Å². The van der Waals surface area contributed by atoms with E-state index in [2.05, 4.69) is 20.5 Å². The van der Waals surface area contributed by atoms with Gasteiger partial charge in [-0.2, -0.15) is 0 Å². The third kappa shape index (κ3) is 6.02. The highest BCUT2D eigenvalue weighted by atomic mass is 35.5. The lowest BCUT2D eigenvalue weighted by Crippen LogP contribution is -2.14. The van der Waals surface area contributed by atoms with Crippen LogP contribution in [0, 0.1) is 5.82 Å². The Balaban J connectivity index is 1.29. The summed E-state index contributed by atoms with van der Waals surface area (Å²) >= 11 is 15.1. The number of nitrogens with one attached hydrogen (secondary N) is 1. The second-order valence-corrected chi connectivity index (χ2v) is 10.7. The Labute approximate surface area is 230 Å². The molecule has 1 N–H and O–H groups in total. The maximum atomic E-state index is 13.6. The molecule has 0 saturated heterocycles. The highest BCUT2D eigenvalue weighted by Gasteiger charge is 2.18. The van der Waals surface area contributed by atoms with E-state index in [1.54, 1.807) is 36.5 Å². The van der Waals surface area contributed by atoms with Crippen LogP contribution in [0.3, 0.4) is 0 Å². The lowest BCUT2D eigenvalue weighted by molar-refractivity contribution is -0.113. The molecule has 37 heavy (non-hydrogen) atoms. The van der Waals surface area contributed by atoms with Crippen molar-refractivity contribution in [2.45, 2.75) is 11.6 Å². The summed E-state index contributed by atoms with van der Waals surface area (Å²) in [6.45, 7) is 0. The van der Waals surface area contributed by atoms with Crippen LogP contribution in [0.1, 0.15) is 10.4 Å². The number of anilines is 1. The predicted molar refractivity (Wildman–Crippen MR) is 147 cm³/mol. The average molecular weight is 571 g/mol. The number of nitrogens with zero attached hydrogens (tertiary/aromatic N) is 4. The second-order valence-electron chi connectivity index (χ2n) is 7.83. The summed E-state index contributed by atoms with van der Waals surface area (Å²) in [5.41, 5.74) is 2.36. The van der Waals surface area contributed by atoms with E-state index in [-0.39, 0.29) is 17.5 Å². The van der Waals surface area contributed by atoms with E-state index < -0.39 is 0 Å². The van der Waals surface area contributed by atoms with Crippen LogP contribution in [0.4, 0.5) is 9.52 Å². The molecule has 0 saturated carbocycles. The number of carbonyl (C=O) groups is 1. The molecule has 0 radical (unpaired) electrons. The largest absolute Gasteiger partial charge is 0.301 e. The van der Waals surface area contributed by atoms with Crippen molar-refractivity contribution in [1.29, 1.82) is 0 Å². The van der Waals surface area contributed by atoms with Crippen molar-refractivity contribution in [1.82, 2.24) is 19.7 Å². The summed E-state index contributed by atoms with van der Waals surface area (Å²) in [5.74, 6) is 0.0973. The van der Waals surface area contributed by atoms with Gasteiger partial charge in [0, 0.05) is 38.8 Å². The van der Waals surface area contributed by atoms with Crippen molar-refractivity contribution < 1.29 is 9.18 Å². The van der Waals surface area contributed by atoms with Gasteiger partial charge in [-0.15, -0.1) is 21.5 Å². The van der Waals surface area contributed by atoms with E-state index >= 15 is 0 Å². The molecule has 0 aliphatic rings. The Morgan fingerprint density at radius 1 is 0.973 bits per heavy atom. The van der Waals surface area contributed by atoms with Crippen molar-refractivity contribution in [3.8, 4) is 17.1 Å². The minimum atomic E-state index is -0.341. The summed E-state index contributed by atoms with van der Waals surface area (Å²) < 4.78 is 15.4. The topological polar surface area (TPSA) is 72.7 Å². The zero-order chi connectivity index (χ0) is 25.8. The molecule has 0 aliphatic carbocycles. The van der Waals surface area contributed by atoms with Crippen LogP contribution in [0.25, 0.3) is 17.1 Å². The fraction of sp³-hybridized carbons (Fsp3) is 0.0769. The SMILES string of the molecule is O=C(CSc1nnc(-c2ccccc2)n1-c1ccc(F)cc1)Nc1ncc(Cc2c(Cl)cccc2Cl)s1. The van der Waals surface area contributed by atoms with Crippen molar-refractivity contribution in [3.63, 3.8) is 0 Å².